The predicted molar refractivity (Wildman–Crippen MR) is 113 cm³/mol. The van der Waals surface area contributed by atoms with Crippen LogP contribution in [0.3, 0.4) is 0 Å². The van der Waals surface area contributed by atoms with Gasteiger partial charge in [0.05, 0.1) is 18.7 Å². The third-order valence-electron chi connectivity index (χ3n) is 4.32. The van der Waals surface area contributed by atoms with E-state index in [9.17, 15) is 9.59 Å². The van der Waals surface area contributed by atoms with Crippen LogP contribution in [-0.4, -0.2) is 30.7 Å². The summed E-state index contributed by atoms with van der Waals surface area (Å²) in [5.74, 6) is -0.239. The lowest BCUT2D eigenvalue weighted by molar-refractivity contribution is -0.142. The largest absolute Gasteiger partial charge is 0.482 e. The number of para-hydroxylation sites is 1. The molecule has 0 radical (unpaired) electrons. The van der Waals surface area contributed by atoms with E-state index in [1.54, 1.807) is 25.1 Å². The number of benzene rings is 2. The number of nitrogens with one attached hydrogen (secondary N) is 3. The van der Waals surface area contributed by atoms with Gasteiger partial charge in [-0.25, -0.2) is 4.79 Å². The van der Waals surface area contributed by atoms with Crippen LogP contribution in [0, 0.1) is 0 Å². The van der Waals surface area contributed by atoms with Crippen molar-refractivity contribution in [1.29, 1.82) is 0 Å². The molecule has 2 aromatic rings. The van der Waals surface area contributed by atoms with Gasteiger partial charge in [0, 0.05) is 11.4 Å². The van der Waals surface area contributed by atoms with Crippen LogP contribution in [0.5, 0.6) is 5.75 Å². The van der Waals surface area contributed by atoms with Gasteiger partial charge in [0.15, 0.2) is 11.7 Å². The molecule has 0 aliphatic carbocycles. The van der Waals surface area contributed by atoms with Crippen LogP contribution < -0.4 is 20.7 Å². The van der Waals surface area contributed by atoms with Gasteiger partial charge in [-0.2, -0.15) is 0 Å². The summed E-state index contributed by atoms with van der Waals surface area (Å²) in [6, 6.07) is 15.9. The van der Waals surface area contributed by atoms with Gasteiger partial charge in [0.25, 0.3) is 5.91 Å². The molecule has 3 N–H and O–H groups in total. The number of methoxy groups -OCH3 is 1. The molecule has 0 fully saturated rings. The average molecular weight is 411 g/mol. The maximum absolute atomic E-state index is 13.0. The molecule has 8 heteroatoms. The third kappa shape index (κ3) is 5.11. The van der Waals surface area contributed by atoms with Crippen molar-refractivity contribution in [3.05, 3.63) is 71.4 Å². The number of hydrogen-bond acceptors (Lipinski definition) is 5. The zero-order chi connectivity index (χ0) is 20.8. The first-order chi connectivity index (χ1) is 14.0. The smallest absolute Gasteiger partial charge is 0.343 e. The van der Waals surface area contributed by atoms with E-state index in [2.05, 4.69) is 20.7 Å². The Morgan fingerprint density at radius 2 is 1.90 bits per heavy atom. The van der Waals surface area contributed by atoms with Gasteiger partial charge in [0.1, 0.15) is 5.75 Å². The van der Waals surface area contributed by atoms with Gasteiger partial charge in [-0.15, -0.1) is 0 Å². The van der Waals surface area contributed by atoms with Crippen LogP contribution in [0.1, 0.15) is 18.5 Å². The number of hydrogen-bond donors (Lipinski definition) is 3. The van der Waals surface area contributed by atoms with E-state index in [1.165, 1.54) is 7.11 Å². The van der Waals surface area contributed by atoms with Crippen molar-refractivity contribution in [2.45, 2.75) is 13.0 Å². The lowest BCUT2D eigenvalue weighted by Crippen LogP contribution is -2.45. The van der Waals surface area contributed by atoms with Crippen LogP contribution in [0.15, 0.2) is 65.9 Å². The number of amides is 1. The average Bonchev–Trinajstić information content (AvgIpc) is 2.72. The first-order valence-electron chi connectivity index (χ1n) is 8.92. The molecule has 1 atom stereocenters. The summed E-state index contributed by atoms with van der Waals surface area (Å²) in [6.07, 6.45) is 0. The van der Waals surface area contributed by atoms with Crippen molar-refractivity contribution in [2.75, 3.05) is 19.0 Å². The molecule has 1 aliphatic rings. The number of rotatable bonds is 6. The van der Waals surface area contributed by atoms with E-state index >= 15 is 0 Å². The fourth-order valence-corrected chi connectivity index (χ4v) is 3.22. The Bertz CT molecular complexity index is 959. The SMILES string of the molecule is COC(=O)COc1cccc(C2NC(=S)NC(C)=C2C(=O)Nc2ccccc2)c1. The molecular weight excluding hydrogens is 390 g/mol. The van der Waals surface area contributed by atoms with Crippen LogP contribution in [0.2, 0.25) is 0 Å². The van der Waals surface area contributed by atoms with E-state index in [0.29, 0.717) is 27.8 Å². The molecule has 7 nitrogen and oxygen atoms in total. The summed E-state index contributed by atoms with van der Waals surface area (Å²) >= 11 is 5.28. The topological polar surface area (TPSA) is 88.7 Å². The molecule has 2 aromatic carbocycles. The van der Waals surface area contributed by atoms with E-state index in [4.69, 9.17) is 17.0 Å². The van der Waals surface area contributed by atoms with Gasteiger partial charge in [-0.3, -0.25) is 4.79 Å². The molecule has 3 rings (SSSR count). The molecule has 0 spiro atoms. The van der Waals surface area contributed by atoms with Gasteiger partial charge in [0.2, 0.25) is 0 Å². The van der Waals surface area contributed by atoms with E-state index < -0.39 is 12.0 Å². The van der Waals surface area contributed by atoms with Crippen LogP contribution in [0.4, 0.5) is 5.69 Å². The van der Waals surface area contributed by atoms with Gasteiger partial charge >= 0.3 is 5.97 Å². The highest BCUT2D eigenvalue weighted by molar-refractivity contribution is 7.80. The Kier molecular flexibility index (Phi) is 6.46. The molecule has 150 valence electrons. The monoisotopic (exact) mass is 411 g/mol. The summed E-state index contributed by atoms with van der Waals surface area (Å²) in [6.45, 7) is 1.60. The van der Waals surface area contributed by atoms with Crippen molar-refractivity contribution >= 4 is 34.9 Å². The number of ether oxygens (including phenoxy) is 2. The Labute approximate surface area is 174 Å². The van der Waals surface area contributed by atoms with E-state index in [-0.39, 0.29) is 12.5 Å². The Balaban J connectivity index is 1.87. The number of allylic oxidation sites excluding steroid dienone is 1. The van der Waals surface area contributed by atoms with Crippen molar-refractivity contribution in [3.8, 4) is 5.75 Å². The number of thiocarbonyl (C=S) groups is 1. The maximum Gasteiger partial charge on any atom is 0.343 e. The summed E-state index contributed by atoms with van der Waals surface area (Å²) in [7, 11) is 1.30. The fourth-order valence-electron chi connectivity index (χ4n) is 2.95. The first kappa shape index (κ1) is 20.3. The summed E-state index contributed by atoms with van der Waals surface area (Å²) < 4.78 is 10.1. The van der Waals surface area contributed by atoms with Crippen LogP contribution in [0.25, 0.3) is 0 Å². The zero-order valence-corrected chi connectivity index (χ0v) is 16.8. The van der Waals surface area contributed by atoms with Gasteiger partial charge in [-0.1, -0.05) is 30.3 Å². The second-order valence-electron chi connectivity index (χ2n) is 6.33. The number of anilines is 1. The van der Waals surface area contributed by atoms with E-state index in [0.717, 1.165) is 5.56 Å². The minimum atomic E-state index is -0.478. The van der Waals surface area contributed by atoms with Crippen molar-refractivity contribution in [3.63, 3.8) is 0 Å². The number of esters is 1. The second kappa shape index (κ2) is 9.20. The number of carbonyl (C=O) groups is 2. The van der Waals surface area contributed by atoms with Crippen molar-refractivity contribution < 1.29 is 19.1 Å². The number of carbonyl (C=O) groups excluding carboxylic acids is 2. The summed E-state index contributed by atoms with van der Waals surface area (Å²) in [5, 5.41) is 9.47. The van der Waals surface area contributed by atoms with Crippen LogP contribution >= 0.6 is 12.2 Å². The third-order valence-corrected chi connectivity index (χ3v) is 4.54. The molecule has 1 aliphatic heterocycles. The molecule has 0 saturated heterocycles. The first-order valence-corrected chi connectivity index (χ1v) is 9.33. The maximum atomic E-state index is 13.0. The highest BCUT2D eigenvalue weighted by atomic mass is 32.1. The lowest BCUT2D eigenvalue weighted by Gasteiger charge is -2.30. The molecule has 1 unspecified atom stereocenters. The molecule has 29 heavy (non-hydrogen) atoms. The molecule has 1 amide bonds. The normalized spacial score (nSPS) is 15.8. The quantitative estimate of drug-likeness (QED) is 0.497. The molecule has 0 saturated carbocycles. The molecule has 0 aromatic heterocycles. The molecule has 1 heterocycles. The second-order valence-corrected chi connectivity index (χ2v) is 6.74. The molecule has 0 bridgehead atoms. The Hall–Kier alpha value is -3.39. The standard InChI is InChI=1S/C21H21N3O4S/c1-13-18(20(26)23-15-8-4-3-5-9-15)19(24-21(29)22-13)14-7-6-10-16(11-14)28-12-17(25)27-2/h3-11,19H,12H2,1-2H3,(H,23,26)(H2,22,24,29). The summed E-state index contributed by atoms with van der Waals surface area (Å²) in [4.78, 5) is 24.3. The highest BCUT2D eigenvalue weighted by Crippen LogP contribution is 2.29. The zero-order valence-electron chi connectivity index (χ0n) is 16.0. The van der Waals surface area contributed by atoms with Crippen molar-refractivity contribution in [1.82, 2.24) is 10.6 Å². The minimum absolute atomic E-state index is 0.200. The lowest BCUT2D eigenvalue weighted by atomic mass is 9.94. The predicted octanol–water partition coefficient (Wildman–Crippen LogP) is 2.67. The Morgan fingerprint density at radius 3 is 2.62 bits per heavy atom. The highest BCUT2D eigenvalue weighted by Gasteiger charge is 2.30. The van der Waals surface area contributed by atoms with E-state index in [1.807, 2.05) is 36.4 Å². The minimum Gasteiger partial charge on any atom is -0.482 e. The molecular formula is C21H21N3O4S. The van der Waals surface area contributed by atoms with Crippen LogP contribution in [-0.2, 0) is 14.3 Å². The Morgan fingerprint density at radius 1 is 1.14 bits per heavy atom. The summed E-state index contributed by atoms with van der Waals surface area (Å²) in [5.41, 5.74) is 2.63. The van der Waals surface area contributed by atoms with Gasteiger partial charge in [-0.05, 0) is 49.0 Å². The van der Waals surface area contributed by atoms with Gasteiger partial charge < -0.3 is 25.4 Å². The fraction of sp³-hybridized carbons (Fsp3) is 0.190. The van der Waals surface area contributed by atoms with Crippen molar-refractivity contribution in [2.24, 2.45) is 0 Å².